The molecular weight excluding hydrogens is 379 g/mol. The molecule has 3 rings (SSSR count). The maximum absolute atomic E-state index is 10.2. The van der Waals surface area contributed by atoms with Crippen LogP contribution in [-0.2, 0) is 0 Å². The molecule has 2 bridgehead atoms. The average molecular weight is 409 g/mol. The fourth-order valence-corrected chi connectivity index (χ4v) is 4.48. The predicted octanol–water partition coefficient (Wildman–Crippen LogP) is -7.34. The first-order valence-electron chi connectivity index (χ1n) is 9.09. The van der Waals surface area contributed by atoms with Crippen molar-refractivity contribution in [3.8, 4) is 11.5 Å². The fraction of sp³-hybridized carbons (Fsp3) is 0.667. The summed E-state index contributed by atoms with van der Waals surface area (Å²) in [6.07, 6.45) is 4.71. The van der Waals surface area contributed by atoms with Gasteiger partial charge in [0.25, 0.3) is 0 Å². The summed E-state index contributed by atoms with van der Waals surface area (Å²) in [7, 11) is 0. The van der Waals surface area contributed by atoms with Gasteiger partial charge in [0.05, 0.1) is 31.3 Å². The number of nitrogens with one attached hydrogen (secondary N) is 1. The van der Waals surface area contributed by atoms with E-state index in [1.807, 2.05) is 0 Å². The lowest BCUT2D eigenvalue weighted by atomic mass is 10.00. The van der Waals surface area contributed by atoms with Crippen molar-refractivity contribution in [2.45, 2.75) is 56.4 Å². The van der Waals surface area contributed by atoms with Crippen molar-refractivity contribution in [3.63, 3.8) is 0 Å². The van der Waals surface area contributed by atoms with Gasteiger partial charge in [-0.05, 0) is 17.7 Å². The Kier molecular flexibility index (Phi) is 9.44. The predicted molar refractivity (Wildman–Crippen MR) is 88.9 cm³/mol. The van der Waals surface area contributed by atoms with Gasteiger partial charge in [-0.25, -0.2) is 0 Å². The second kappa shape index (κ2) is 10.5. The number of hydrogen-bond donors (Lipinski definition) is 6. The van der Waals surface area contributed by atoms with Crippen LogP contribution < -0.4 is 35.0 Å². The van der Waals surface area contributed by atoms with Crippen LogP contribution in [0.1, 0.15) is 43.8 Å². The Morgan fingerprint density at radius 1 is 1.04 bits per heavy atom. The molecule has 1 aromatic carbocycles. The van der Waals surface area contributed by atoms with Gasteiger partial charge >= 0.3 is 0 Å². The third kappa shape index (κ3) is 5.87. The van der Waals surface area contributed by atoms with Crippen molar-refractivity contribution in [2.75, 3.05) is 19.6 Å². The van der Waals surface area contributed by atoms with Crippen LogP contribution in [-0.4, -0.2) is 58.2 Å². The van der Waals surface area contributed by atoms with Gasteiger partial charge in [0.1, 0.15) is 24.1 Å². The van der Waals surface area contributed by atoms with Crippen LogP contribution in [0.2, 0.25) is 0 Å². The number of nitrogens with two attached hydrogens (primary N) is 1. The van der Waals surface area contributed by atoms with Crippen LogP contribution in [0.3, 0.4) is 0 Å². The average Bonchev–Trinajstić information content (AvgIpc) is 2.76. The molecule has 2 heterocycles. The zero-order valence-electron chi connectivity index (χ0n) is 14.8. The second-order valence-corrected chi connectivity index (χ2v) is 7.39. The summed E-state index contributed by atoms with van der Waals surface area (Å²) >= 11 is 0. The normalized spacial score (nSPS) is 28.1. The van der Waals surface area contributed by atoms with Gasteiger partial charge in [0, 0.05) is 38.2 Å². The highest BCUT2D eigenvalue weighted by Crippen LogP contribution is 2.24. The van der Waals surface area contributed by atoms with E-state index in [-0.39, 0.29) is 42.4 Å². The Morgan fingerprint density at radius 3 is 2.19 bits per heavy atom. The summed E-state index contributed by atoms with van der Waals surface area (Å²) in [5.74, 6) is -0.0641. The molecular formula is C18H30Cl2N2O4. The number of benzene rings is 1. The van der Waals surface area contributed by atoms with Crippen molar-refractivity contribution in [1.82, 2.24) is 0 Å². The minimum atomic E-state index is -0.698. The monoisotopic (exact) mass is 408 g/mol. The number of halogens is 2. The summed E-state index contributed by atoms with van der Waals surface area (Å²) in [6, 6.07) is 5.50. The van der Waals surface area contributed by atoms with Crippen molar-refractivity contribution in [2.24, 2.45) is 0 Å². The lowest BCUT2D eigenvalue weighted by molar-refractivity contribution is -0.943. The zero-order chi connectivity index (χ0) is 17.1. The van der Waals surface area contributed by atoms with Crippen LogP contribution in [0.5, 0.6) is 11.5 Å². The Balaban J connectivity index is 0.00000169. The molecule has 6 nitrogen and oxygen atoms in total. The summed E-state index contributed by atoms with van der Waals surface area (Å²) in [6.45, 7) is 2.61. The number of hydrogen-bond acceptors (Lipinski definition) is 4. The molecule has 3 atom stereocenters. The number of aliphatic hydroxyl groups is 2. The highest BCUT2D eigenvalue weighted by Gasteiger charge is 2.43. The molecule has 0 aromatic heterocycles. The van der Waals surface area contributed by atoms with E-state index in [9.17, 15) is 20.4 Å². The molecule has 0 spiro atoms. The van der Waals surface area contributed by atoms with Gasteiger partial charge in [-0.15, -0.1) is 0 Å². The standard InChI is InChI=1S/C18H28N2O4.2ClH/c21-15-6-12(7-16(22)10-15)18(24)11-19-4-1-5-20-13-2-3-14(20)9-17(23)8-13;;/h6-7,10,13-14,17-19,21-24H,1-5,8-9,11H2;2*1H. The van der Waals surface area contributed by atoms with Crippen molar-refractivity contribution in [1.29, 1.82) is 0 Å². The Hall–Kier alpha value is -0.760. The van der Waals surface area contributed by atoms with E-state index >= 15 is 0 Å². The zero-order valence-corrected chi connectivity index (χ0v) is 16.3. The molecule has 2 aliphatic rings. The number of aliphatic hydroxyl groups excluding tert-OH is 2. The van der Waals surface area contributed by atoms with E-state index in [1.54, 1.807) is 4.90 Å². The van der Waals surface area contributed by atoms with E-state index in [0.29, 0.717) is 24.2 Å². The van der Waals surface area contributed by atoms with Crippen LogP contribution in [0.25, 0.3) is 0 Å². The number of fused-ring (bicyclic) bond motifs is 2. The molecule has 8 heteroatoms. The van der Waals surface area contributed by atoms with Gasteiger partial charge in [-0.1, -0.05) is 0 Å². The SMILES string of the molecule is Oc1cc(O)cc(C(O)C[NH2+]CCC[NH+]2C3CCC2CC(O)C3)c1.[Cl-].[Cl-]. The number of quaternary nitrogens is 2. The lowest BCUT2D eigenvalue weighted by Crippen LogP contribution is -3.18. The molecule has 2 aliphatic heterocycles. The van der Waals surface area contributed by atoms with Crippen LogP contribution in [0.4, 0.5) is 0 Å². The number of piperidine rings is 1. The molecule has 0 aliphatic carbocycles. The first-order valence-corrected chi connectivity index (χ1v) is 9.09. The number of phenolic OH excluding ortho intramolecular Hbond substituents is 2. The van der Waals surface area contributed by atoms with Crippen LogP contribution >= 0.6 is 0 Å². The van der Waals surface area contributed by atoms with Crippen LogP contribution in [0.15, 0.2) is 18.2 Å². The van der Waals surface area contributed by atoms with Gasteiger partial charge in [-0.2, -0.15) is 0 Å². The molecule has 0 amide bonds. The van der Waals surface area contributed by atoms with E-state index in [2.05, 4.69) is 5.32 Å². The Bertz CT molecular complexity index is 530. The number of phenols is 2. The maximum atomic E-state index is 10.2. The molecule has 26 heavy (non-hydrogen) atoms. The number of rotatable bonds is 7. The van der Waals surface area contributed by atoms with Crippen molar-refractivity contribution in [3.05, 3.63) is 23.8 Å². The van der Waals surface area contributed by atoms with E-state index < -0.39 is 6.10 Å². The highest BCUT2D eigenvalue weighted by molar-refractivity contribution is 5.37. The second-order valence-electron chi connectivity index (χ2n) is 7.39. The molecule has 3 unspecified atom stereocenters. The van der Waals surface area contributed by atoms with E-state index in [0.717, 1.165) is 32.4 Å². The Morgan fingerprint density at radius 2 is 1.62 bits per heavy atom. The highest BCUT2D eigenvalue weighted by atomic mass is 35.5. The smallest absolute Gasteiger partial charge is 0.128 e. The maximum Gasteiger partial charge on any atom is 0.128 e. The van der Waals surface area contributed by atoms with Gasteiger partial charge in [0.15, 0.2) is 0 Å². The molecule has 2 fully saturated rings. The van der Waals surface area contributed by atoms with E-state index in [1.165, 1.54) is 31.0 Å². The lowest BCUT2D eigenvalue weighted by Gasteiger charge is -2.34. The molecule has 0 radical (unpaired) electrons. The van der Waals surface area contributed by atoms with Crippen LogP contribution in [0, 0.1) is 0 Å². The molecule has 150 valence electrons. The van der Waals surface area contributed by atoms with Crippen molar-refractivity contribution < 1.29 is 55.5 Å². The first kappa shape index (κ1) is 23.3. The van der Waals surface area contributed by atoms with E-state index in [4.69, 9.17) is 0 Å². The molecule has 1 aromatic rings. The molecule has 7 N–H and O–H groups in total. The summed E-state index contributed by atoms with van der Waals surface area (Å²) in [5, 5.41) is 41.0. The fourth-order valence-electron chi connectivity index (χ4n) is 4.48. The Labute approximate surface area is 167 Å². The topological polar surface area (TPSA) is 102 Å². The summed E-state index contributed by atoms with van der Waals surface area (Å²) < 4.78 is 0. The third-order valence-electron chi connectivity index (χ3n) is 5.60. The van der Waals surface area contributed by atoms with Gasteiger partial charge < -0.3 is 55.5 Å². The minimum absolute atomic E-state index is 0. The van der Waals surface area contributed by atoms with Crippen molar-refractivity contribution >= 4 is 0 Å². The molecule has 2 saturated heterocycles. The quantitative estimate of drug-likeness (QED) is 0.252. The van der Waals surface area contributed by atoms with Gasteiger partial charge in [0.2, 0.25) is 0 Å². The first-order chi connectivity index (χ1) is 11.5. The van der Waals surface area contributed by atoms with Gasteiger partial charge in [-0.3, -0.25) is 0 Å². The third-order valence-corrected chi connectivity index (χ3v) is 5.60. The number of aromatic hydroxyl groups is 2. The summed E-state index contributed by atoms with van der Waals surface area (Å²) in [5.41, 5.74) is 0.539. The minimum Gasteiger partial charge on any atom is -1.00 e. The largest absolute Gasteiger partial charge is 1.00 e. The summed E-state index contributed by atoms with van der Waals surface area (Å²) in [4.78, 5) is 1.67. The molecule has 0 saturated carbocycles.